The molecule has 0 spiro atoms. The van der Waals surface area contributed by atoms with Crippen LogP contribution in [0.5, 0.6) is 11.5 Å². The molecule has 6 nitrogen and oxygen atoms in total. The Morgan fingerprint density at radius 3 is 2.38 bits per heavy atom. The minimum absolute atomic E-state index is 0.00273. The van der Waals surface area contributed by atoms with E-state index in [0.717, 1.165) is 16.3 Å². The van der Waals surface area contributed by atoms with Gasteiger partial charge in [-0.2, -0.15) is 0 Å². The van der Waals surface area contributed by atoms with Crippen LogP contribution in [0.15, 0.2) is 54.6 Å². The molecular weight excluding hydrogens is 368 g/mol. The molecule has 0 radical (unpaired) electrons. The minimum atomic E-state index is -0.358. The van der Waals surface area contributed by atoms with Crippen LogP contribution in [-0.4, -0.2) is 29.6 Å². The topological polar surface area (TPSA) is 87.7 Å². The Kier molecular flexibility index (Phi) is 6.02. The number of carbonyl (C=O) groups is 2. The van der Waals surface area contributed by atoms with E-state index in [1.165, 1.54) is 6.07 Å². The lowest BCUT2D eigenvalue weighted by Crippen LogP contribution is -2.34. The Balaban J connectivity index is 1.91. The average molecular weight is 392 g/mol. The van der Waals surface area contributed by atoms with Gasteiger partial charge in [-0.15, -0.1) is 0 Å². The van der Waals surface area contributed by atoms with Gasteiger partial charge in [-0.3, -0.25) is 9.59 Å². The van der Waals surface area contributed by atoms with Crippen molar-refractivity contribution in [3.63, 3.8) is 0 Å². The van der Waals surface area contributed by atoms with Crippen molar-refractivity contribution in [3.05, 3.63) is 65.7 Å². The van der Waals surface area contributed by atoms with E-state index in [1.54, 1.807) is 31.2 Å². The van der Waals surface area contributed by atoms with E-state index in [-0.39, 0.29) is 30.2 Å². The Labute approximate surface area is 169 Å². The molecule has 6 heteroatoms. The standard InChI is InChI=1S/C23H24N2O4/c1-14(2)24-22(27)13-29-21-12-17-7-5-4-6-16(17)11-19(21)23(28)25-20-9-8-18(26)10-15(20)3/h4-12,14,26H,13H2,1-3H3,(H,24,27)(H,25,28). The molecule has 0 aliphatic carbocycles. The maximum atomic E-state index is 13.0. The summed E-state index contributed by atoms with van der Waals surface area (Å²) in [4.78, 5) is 25.0. The molecule has 0 aliphatic heterocycles. The molecule has 0 aliphatic rings. The first-order valence-electron chi connectivity index (χ1n) is 9.39. The predicted molar refractivity (Wildman–Crippen MR) is 114 cm³/mol. The van der Waals surface area contributed by atoms with E-state index in [1.807, 2.05) is 38.1 Å². The van der Waals surface area contributed by atoms with Gasteiger partial charge in [0.15, 0.2) is 6.61 Å². The first kappa shape index (κ1) is 20.2. The van der Waals surface area contributed by atoms with Gasteiger partial charge >= 0.3 is 0 Å². The number of rotatable bonds is 6. The molecule has 0 saturated heterocycles. The largest absolute Gasteiger partial charge is 0.508 e. The molecule has 0 saturated carbocycles. The maximum absolute atomic E-state index is 13.0. The van der Waals surface area contributed by atoms with E-state index in [9.17, 15) is 14.7 Å². The summed E-state index contributed by atoms with van der Waals surface area (Å²) >= 11 is 0. The number of phenolic OH excluding ortho intramolecular Hbond substituents is 1. The molecule has 0 atom stereocenters. The number of phenols is 1. The molecule has 2 amide bonds. The summed E-state index contributed by atoms with van der Waals surface area (Å²) in [5.74, 6) is -0.152. The van der Waals surface area contributed by atoms with Gasteiger partial charge in [-0.1, -0.05) is 24.3 Å². The van der Waals surface area contributed by atoms with Crippen LogP contribution >= 0.6 is 0 Å². The number of nitrogens with one attached hydrogen (secondary N) is 2. The van der Waals surface area contributed by atoms with Crippen LogP contribution in [0.2, 0.25) is 0 Å². The van der Waals surface area contributed by atoms with Crippen molar-refractivity contribution in [2.75, 3.05) is 11.9 Å². The summed E-state index contributed by atoms with van der Waals surface area (Å²) in [7, 11) is 0. The number of ether oxygens (including phenoxy) is 1. The Hall–Kier alpha value is -3.54. The first-order chi connectivity index (χ1) is 13.8. The highest BCUT2D eigenvalue weighted by Gasteiger charge is 2.17. The number of amides is 2. The molecule has 0 heterocycles. The third-order valence-corrected chi connectivity index (χ3v) is 4.36. The lowest BCUT2D eigenvalue weighted by Gasteiger charge is -2.15. The molecular formula is C23H24N2O4. The second kappa shape index (κ2) is 8.65. The van der Waals surface area contributed by atoms with E-state index in [0.29, 0.717) is 17.0 Å². The molecule has 3 aromatic carbocycles. The van der Waals surface area contributed by atoms with Crippen LogP contribution in [0.3, 0.4) is 0 Å². The van der Waals surface area contributed by atoms with E-state index in [2.05, 4.69) is 10.6 Å². The van der Waals surface area contributed by atoms with Gasteiger partial charge in [0.05, 0.1) is 5.56 Å². The van der Waals surface area contributed by atoms with Gasteiger partial charge in [-0.25, -0.2) is 0 Å². The fourth-order valence-electron chi connectivity index (χ4n) is 3.00. The van der Waals surface area contributed by atoms with Gasteiger partial charge in [0.25, 0.3) is 11.8 Å². The third kappa shape index (κ3) is 5.04. The first-order valence-corrected chi connectivity index (χ1v) is 9.39. The Bertz CT molecular complexity index is 1060. The summed E-state index contributed by atoms with van der Waals surface area (Å²) < 4.78 is 5.70. The minimum Gasteiger partial charge on any atom is -0.508 e. The van der Waals surface area contributed by atoms with Crippen molar-refractivity contribution in [1.29, 1.82) is 0 Å². The smallest absolute Gasteiger partial charge is 0.259 e. The van der Waals surface area contributed by atoms with Crippen molar-refractivity contribution >= 4 is 28.3 Å². The van der Waals surface area contributed by atoms with E-state index in [4.69, 9.17) is 4.74 Å². The summed E-state index contributed by atoms with van der Waals surface area (Å²) in [5.41, 5.74) is 1.65. The van der Waals surface area contributed by atoms with E-state index >= 15 is 0 Å². The molecule has 3 N–H and O–H groups in total. The zero-order chi connectivity index (χ0) is 21.0. The third-order valence-electron chi connectivity index (χ3n) is 4.36. The Morgan fingerprint density at radius 2 is 1.72 bits per heavy atom. The van der Waals surface area contributed by atoms with Crippen LogP contribution in [0, 0.1) is 6.92 Å². The average Bonchev–Trinajstić information content (AvgIpc) is 2.67. The number of aromatic hydroxyl groups is 1. The number of fused-ring (bicyclic) bond motifs is 1. The number of benzene rings is 3. The number of anilines is 1. The van der Waals surface area contributed by atoms with Crippen molar-refractivity contribution in [2.24, 2.45) is 0 Å². The van der Waals surface area contributed by atoms with Gasteiger partial charge in [-0.05, 0) is 67.4 Å². The number of hydrogen-bond donors (Lipinski definition) is 3. The summed E-state index contributed by atoms with van der Waals surface area (Å²) in [6.45, 7) is 5.35. The normalized spacial score (nSPS) is 10.8. The number of carbonyl (C=O) groups excluding carboxylic acids is 2. The highest BCUT2D eigenvalue weighted by molar-refractivity contribution is 6.09. The highest BCUT2D eigenvalue weighted by Crippen LogP contribution is 2.28. The molecule has 0 bridgehead atoms. The van der Waals surface area contributed by atoms with Crippen molar-refractivity contribution in [1.82, 2.24) is 5.32 Å². The van der Waals surface area contributed by atoms with Crippen LogP contribution in [0.1, 0.15) is 29.8 Å². The molecule has 29 heavy (non-hydrogen) atoms. The van der Waals surface area contributed by atoms with Crippen LogP contribution < -0.4 is 15.4 Å². The fraction of sp³-hybridized carbons (Fsp3) is 0.217. The van der Waals surface area contributed by atoms with Gasteiger partial charge in [0, 0.05) is 11.7 Å². The summed E-state index contributed by atoms with van der Waals surface area (Å²) in [5, 5.41) is 17.0. The fourth-order valence-corrected chi connectivity index (χ4v) is 3.00. The molecule has 0 unspecified atom stereocenters. The second-order valence-corrected chi connectivity index (χ2v) is 7.16. The van der Waals surface area contributed by atoms with Crippen LogP contribution in [-0.2, 0) is 4.79 Å². The summed E-state index contributed by atoms with van der Waals surface area (Å²) in [6.07, 6.45) is 0. The van der Waals surface area contributed by atoms with E-state index < -0.39 is 0 Å². The monoisotopic (exact) mass is 392 g/mol. The number of hydrogen-bond acceptors (Lipinski definition) is 4. The molecule has 3 rings (SSSR count). The predicted octanol–water partition coefficient (Wildman–Crippen LogP) is 4.01. The molecule has 3 aromatic rings. The second-order valence-electron chi connectivity index (χ2n) is 7.16. The van der Waals surface area contributed by atoms with Crippen molar-refractivity contribution in [2.45, 2.75) is 26.8 Å². The van der Waals surface area contributed by atoms with Gasteiger partial charge in [0.2, 0.25) is 0 Å². The zero-order valence-corrected chi connectivity index (χ0v) is 16.7. The van der Waals surface area contributed by atoms with Crippen molar-refractivity contribution in [3.8, 4) is 11.5 Å². The Morgan fingerprint density at radius 1 is 1.03 bits per heavy atom. The summed E-state index contributed by atoms with van der Waals surface area (Å²) in [6, 6.07) is 15.9. The van der Waals surface area contributed by atoms with Crippen LogP contribution in [0.4, 0.5) is 5.69 Å². The lowest BCUT2D eigenvalue weighted by atomic mass is 10.0. The highest BCUT2D eigenvalue weighted by atomic mass is 16.5. The lowest BCUT2D eigenvalue weighted by molar-refractivity contribution is -0.123. The maximum Gasteiger partial charge on any atom is 0.259 e. The molecule has 150 valence electrons. The van der Waals surface area contributed by atoms with Gasteiger partial charge < -0.3 is 20.5 Å². The SMILES string of the molecule is Cc1cc(O)ccc1NC(=O)c1cc2ccccc2cc1OCC(=O)NC(C)C. The molecule has 0 fully saturated rings. The quantitative estimate of drug-likeness (QED) is 0.553. The number of aryl methyl sites for hydroxylation is 1. The zero-order valence-electron chi connectivity index (χ0n) is 16.7. The van der Waals surface area contributed by atoms with Crippen LogP contribution in [0.25, 0.3) is 10.8 Å². The van der Waals surface area contributed by atoms with Crippen molar-refractivity contribution < 1.29 is 19.4 Å². The molecule has 0 aromatic heterocycles. The van der Waals surface area contributed by atoms with Gasteiger partial charge in [0.1, 0.15) is 11.5 Å².